The van der Waals surface area contributed by atoms with Crippen molar-refractivity contribution in [1.29, 1.82) is 0 Å². The lowest BCUT2D eigenvalue weighted by Gasteiger charge is -2.09. The summed E-state index contributed by atoms with van der Waals surface area (Å²) in [5, 5.41) is 3.75. The first kappa shape index (κ1) is 19.0. The minimum Gasteiger partial charge on any atom is -0.497 e. The van der Waals surface area contributed by atoms with Crippen LogP contribution in [0.5, 0.6) is 5.75 Å². The molecule has 0 spiro atoms. The van der Waals surface area contributed by atoms with E-state index in [2.05, 4.69) is 17.2 Å². The maximum atomic E-state index is 12.2. The van der Waals surface area contributed by atoms with Gasteiger partial charge < -0.3 is 14.6 Å². The van der Waals surface area contributed by atoms with E-state index < -0.39 is 0 Å². The number of hydrogen-bond donors (Lipinski definition) is 1. The number of anilines is 1. The molecule has 3 aromatic rings. The molecule has 0 bridgehead atoms. The predicted octanol–water partition coefficient (Wildman–Crippen LogP) is 4.23. The lowest BCUT2D eigenvalue weighted by molar-refractivity contribution is -0.113. The van der Waals surface area contributed by atoms with Crippen molar-refractivity contribution in [1.82, 2.24) is 9.55 Å². The maximum absolute atomic E-state index is 12.2. The molecule has 1 N–H and O–H groups in total. The van der Waals surface area contributed by atoms with E-state index >= 15 is 0 Å². The number of imidazole rings is 1. The van der Waals surface area contributed by atoms with Crippen molar-refractivity contribution in [2.75, 3.05) is 18.2 Å². The second-order valence-corrected chi connectivity index (χ2v) is 7.02. The van der Waals surface area contributed by atoms with Crippen LogP contribution in [0.15, 0.2) is 66.1 Å². The van der Waals surface area contributed by atoms with Crippen LogP contribution in [0.4, 0.5) is 5.69 Å². The predicted molar refractivity (Wildman–Crippen MR) is 109 cm³/mol. The summed E-state index contributed by atoms with van der Waals surface area (Å²) in [6.07, 6.45) is 4.67. The Hall–Kier alpha value is -2.73. The second kappa shape index (κ2) is 9.28. The number of ether oxygens (including phenoxy) is 1. The van der Waals surface area contributed by atoms with Crippen molar-refractivity contribution in [3.8, 4) is 5.75 Å². The fourth-order valence-electron chi connectivity index (χ4n) is 2.63. The van der Waals surface area contributed by atoms with Gasteiger partial charge in [-0.2, -0.15) is 0 Å². The third kappa shape index (κ3) is 5.37. The fraction of sp³-hybridized carbons (Fsp3) is 0.238. The summed E-state index contributed by atoms with van der Waals surface area (Å²) in [4.78, 5) is 16.6. The van der Waals surface area contributed by atoms with E-state index in [0.29, 0.717) is 12.3 Å². The number of carbonyl (C=O) groups excluding carboxylic acids is 1. The highest BCUT2D eigenvalue weighted by atomic mass is 32.2. The Labute approximate surface area is 163 Å². The summed E-state index contributed by atoms with van der Waals surface area (Å²) >= 11 is 1.43. The Balaban J connectivity index is 1.54. The Kier molecular flexibility index (Phi) is 6.54. The van der Waals surface area contributed by atoms with Crippen molar-refractivity contribution >= 4 is 23.4 Å². The van der Waals surface area contributed by atoms with Crippen molar-refractivity contribution in [2.45, 2.75) is 25.0 Å². The van der Waals surface area contributed by atoms with Crippen LogP contribution in [-0.4, -0.2) is 28.3 Å². The van der Waals surface area contributed by atoms with Crippen molar-refractivity contribution < 1.29 is 9.53 Å². The number of carbonyl (C=O) groups is 1. The highest BCUT2D eigenvalue weighted by Crippen LogP contribution is 2.19. The van der Waals surface area contributed by atoms with Gasteiger partial charge in [0, 0.05) is 24.6 Å². The zero-order chi connectivity index (χ0) is 19.1. The average molecular weight is 382 g/mol. The molecule has 1 heterocycles. The topological polar surface area (TPSA) is 56.2 Å². The van der Waals surface area contributed by atoms with Gasteiger partial charge in [0.25, 0.3) is 0 Å². The number of hydrogen-bond acceptors (Lipinski definition) is 4. The van der Waals surface area contributed by atoms with Gasteiger partial charge in [-0.3, -0.25) is 4.79 Å². The van der Waals surface area contributed by atoms with Crippen LogP contribution >= 0.6 is 11.8 Å². The summed E-state index contributed by atoms with van der Waals surface area (Å²) in [5.41, 5.74) is 3.22. The Morgan fingerprint density at radius 3 is 2.48 bits per heavy atom. The molecule has 0 aliphatic carbocycles. The molecule has 0 saturated carbocycles. The van der Waals surface area contributed by atoms with E-state index in [1.165, 1.54) is 17.3 Å². The Bertz CT molecular complexity index is 873. The molecule has 5 nitrogen and oxygen atoms in total. The molecule has 2 aromatic carbocycles. The van der Waals surface area contributed by atoms with E-state index in [4.69, 9.17) is 4.74 Å². The normalized spacial score (nSPS) is 10.6. The number of benzene rings is 2. The first-order valence-corrected chi connectivity index (χ1v) is 9.82. The minimum atomic E-state index is -0.0387. The molecule has 1 aromatic heterocycles. The molecule has 0 fully saturated rings. The third-order valence-electron chi connectivity index (χ3n) is 4.17. The van der Waals surface area contributed by atoms with Gasteiger partial charge >= 0.3 is 0 Å². The summed E-state index contributed by atoms with van der Waals surface area (Å²) < 4.78 is 7.22. The molecule has 0 saturated heterocycles. The first-order valence-electron chi connectivity index (χ1n) is 8.83. The molecular formula is C21H23N3O2S. The Morgan fingerprint density at radius 2 is 1.81 bits per heavy atom. The average Bonchev–Trinajstić information content (AvgIpc) is 3.14. The summed E-state index contributed by atoms with van der Waals surface area (Å²) in [6, 6.07) is 15.9. The van der Waals surface area contributed by atoms with Crippen LogP contribution in [0.3, 0.4) is 0 Å². The number of aryl methyl sites for hydroxylation is 1. The number of methoxy groups -OCH3 is 1. The number of amides is 1. The number of rotatable bonds is 8. The maximum Gasteiger partial charge on any atom is 0.234 e. The molecule has 6 heteroatoms. The van der Waals surface area contributed by atoms with E-state index in [1.54, 1.807) is 13.3 Å². The number of thioether (sulfide) groups is 1. The van der Waals surface area contributed by atoms with Crippen LogP contribution in [-0.2, 0) is 17.8 Å². The van der Waals surface area contributed by atoms with Gasteiger partial charge in [0.05, 0.1) is 12.9 Å². The molecule has 0 unspecified atom stereocenters. The largest absolute Gasteiger partial charge is 0.497 e. The monoisotopic (exact) mass is 381 g/mol. The smallest absolute Gasteiger partial charge is 0.234 e. The van der Waals surface area contributed by atoms with E-state index in [-0.39, 0.29) is 5.91 Å². The summed E-state index contributed by atoms with van der Waals surface area (Å²) in [7, 11) is 1.66. The molecule has 1 amide bonds. The van der Waals surface area contributed by atoms with Gasteiger partial charge in [-0.05, 0) is 41.8 Å². The van der Waals surface area contributed by atoms with Gasteiger partial charge in [-0.15, -0.1) is 0 Å². The van der Waals surface area contributed by atoms with Crippen molar-refractivity contribution in [3.05, 3.63) is 72.1 Å². The van der Waals surface area contributed by atoms with E-state index in [0.717, 1.165) is 28.6 Å². The molecule has 140 valence electrons. The zero-order valence-corrected chi connectivity index (χ0v) is 16.3. The van der Waals surface area contributed by atoms with Crippen molar-refractivity contribution in [3.63, 3.8) is 0 Å². The number of nitrogens with zero attached hydrogens (tertiary/aromatic N) is 2. The Morgan fingerprint density at radius 1 is 1.11 bits per heavy atom. The van der Waals surface area contributed by atoms with Crippen LogP contribution < -0.4 is 10.1 Å². The fourth-order valence-corrected chi connectivity index (χ4v) is 3.39. The SMILES string of the molecule is CCc1ccc(NC(=O)CSc2nccn2Cc2ccc(OC)cc2)cc1. The molecule has 27 heavy (non-hydrogen) atoms. The third-order valence-corrected chi connectivity index (χ3v) is 5.17. The molecule has 3 rings (SSSR count). The quantitative estimate of drug-likeness (QED) is 0.593. The first-order chi connectivity index (χ1) is 13.2. The molecule has 0 aliphatic heterocycles. The van der Waals surface area contributed by atoms with Crippen LogP contribution in [0, 0.1) is 0 Å². The highest BCUT2D eigenvalue weighted by Gasteiger charge is 2.09. The van der Waals surface area contributed by atoms with Crippen LogP contribution in [0.2, 0.25) is 0 Å². The van der Waals surface area contributed by atoms with E-state index in [9.17, 15) is 4.79 Å². The van der Waals surface area contributed by atoms with Gasteiger partial charge in [0.15, 0.2) is 5.16 Å². The van der Waals surface area contributed by atoms with Gasteiger partial charge in [0.2, 0.25) is 5.91 Å². The minimum absolute atomic E-state index is 0.0387. The summed E-state index contributed by atoms with van der Waals surface area (Å²) in [6.45, 7) is 2.81. The summed E-state index contributed by atoms with van der Waals surface area (Å²) in [5.74, 6) is 1.11. The van der Waals surface area contributed by atoms with Gasteiger partial charge in [-0.25, -0.2) is 4.98 Å². The molecular weight excluding hydrogens is 358 g/mol. The number of nitrogens with one attached hydrogen (secondary N) is 1. The number of aromatic nitrogens is 2. The van der Waals surface area contributed by atoms with Crippen LogP contribution in [0.1, 0.15) is 18.1 Å². The standard InChI is InChI=1S/C21H23N3O2S/c1-3-16-4-8-18(9-5-16)23-20(25)15-27-21-22-12-13-24(21)14-17-6-10-19(26-2)11-7-17/h4-13H,3,14-15H2,1-2H3,(H,23,25). The van der Waals surface area contributed by atoms with E-state index in [1.807, 2.05) is 59.3 Å². The van der Waals surface area contributed by atoms with Crippen molar-refractivity contribution in [2.24, 2.45) is 0 Å². The lowest BCUT2D eigenvalue weighted by Crippen LogP contribution is -2.14. The molecule has 0 radical (unpaired) electrons. The highest BCUT2D eigenvalue weighted by molar-refractivity contribution is 7.99. The zero-order valence-electron chi connectivity index (χ0n) is 15.5. The second-order valence-electron chi connectivity index (χ2n) is 6.07. The molecule has 0 atom stereocenters. The van der Waals surface area contributed by atoms with Gasteiger partial charge in [-0.1, -0.05) is 43.0 Å². The lowest BCUT2D eigenvalue weighted by atomic mass is 10.1. The van der Waals surface area contributed by atoms with Gasteiger partial charge in [0.1, 0.15) is 5.75 Å². The molecule has 0 aliphatic rings. The van der Waals surface area contributed by atoms with Crippen LogP contribution in [0.25, 0.3) is 0 Å².